The lowest BCUT2D eigenvalue weighted by atomic mass is 10.2. The van der Waals surface area contributed by atoms with Crippen molar-refractivity contribution in [3.63, 3.8) is 0 Å². The molecule has 3 heterocycles. The monoisotopic (exact) mass is 323 g/mol. The number of hydrogen-bond acceptors (Lipinski definition) is 5. The average Bonchev–Trinajstić information content (AvgIpc) is 3.10. The fraction of sp³-hybridized carbons (Fsp3) is 0.235. The molecule has 0 spiro atoms. The highest BCUT2D eigenvalue weighted by molar-refractivity contribution is 5.93. The van der Waals surface area contributed by atoms with Crippen LogP contribution in [-0.4, -0.2) is 52.3 Å². The van der Waals surface area contributed by atoms with Crippen molar-refractivity contribution in [3.05, 3.63) is 48.3 Å². The minimum absolute atomic E-state index is 0.0627. The van der Waals surface area contributed by atoms with E-state index in [0.717, 1.165) is 16.6 Å². The fourth-order valence-electron chi connectivity index (χ4n) is 2.72. The lowest BCUT2D eigenvalue weighted by molar-refractivity contribution is 0.0299. The van der Waals surface area contributed by atoms with Gasteiger partial charge in [-0.3, -0.25) is 9.89 Å². The summed E-state index contributed by atoms with van der Waals surface area (Å²) < 4.78 is 5.28. The molecule has 1 fully saturated rings. The summed E-state index contributed by atoms with van der Waals surface area (Å²) in [5.41, 5.74) is 2.31. The van der Waals surface area contributed by atoms with Crippen molar-refractivity contribution in [2.24, 2.45) is 0 Å². The van der Waals surface area contributed by atoms with Gasteiger partial charge in [0.15, 0.2) is 0 Å². The molecule has 0 atom stereocenters. The Hall–Kier alpha value is -2.93. The molecule has 2 aromatic heterocycles. The molecule has 0 unspecified atom stereocenters. The number of carbonyl (C=O) groups excluding carboxylic acids is 1. The van der Waals surface area contributed by atoms with Gasteiger partial charge >= 0.3 is 0 Å². The quantitative estimate of drug-likeness (QED) is 0.772. The second kappa shape index (κ2) is 6.29. The average molecular weight is 323 g/mol. The van der Waals surface area contributed by atoms with E-state index in [2.05, 4.69) is 20.5 Å². The molecule has 1 aromatic carbocycles. The summed E-state index contributed by atoms with van der Waals surface area (Å²) >= 11 is 0. The van der Waals surface area contributed by atoms with Crippen molar-refractivity contribution in [2.75, 3.05) is 31.6 Å². The van der Waals surface area contributed by atoms with Crippen LogP contribution in [0.15, 0.2) is 42.6 Å². The van der Waals surface area contributed by atoms with Crippen LogP contribution in [0.5, 0.6) is 0 Å². The van der Waals surface area contributed by atoms with Crippen LogP contribution in [0.3, 0.4) is 0 Å². The van der Waals surface area contributed by atoms with E-state index in [0.29, 0.717) is 37.8 Å². The Balaban J connectivity index is 1.54. The van der Waals surface area contributed by atoms with Crippen molar-refractivity contribution in [1.29, 1.82) is 0 Å². The smallest absolute Gasteiger partial charge is 0.272 e. The number of amides is 1. The molecular formula is C17H17N5O2. The second-order valence-electron chi connectivity index (χ2n) is 5.61. The third kappa shape index (κ3) is 2.93. The molecule has 0 bridgehead atoms. The highest BCUT2D eigenvalue weighted by atomic mass is 16.5. The van der Waals surface area contributed by atoms with Crippen molar-refractivity contribution in [2.45, 2.75) is 0 Å². The lowest BCUT2D eigenvalue weighted by Crippen LogP contribution is -2.41. The molecule has 24 heavy (non-hydrogen) atoms. The summed E-state index contributed by atoms with van der Waals surface area (Å²) in [7, 11) is 0. The first-order valence-corrected chi connectivity index (χ1v) is 7.84. The number of carbonyl (C=O) groups is 1. The maximum atomic E-state index is 12.5. The van der Waals surface area contributed by atoms with Gasteiger partial charge < -0.3 is 15.0 Å². The van der Waals surface area contributed by atoms with E-state index in [1.807, 2.05) is 30.3 Å². The van der Waals surface area contributed by atoms with Gasteiger partial charge in [-0.1, -0.05) is 6.07 Å². The van der Waals surface area contributed by atoms with Crippen LogP contribution >= 0.6 is 0 Å². The van der Waals surface area contributed by atoms with Gasteiger partial charge in [0.05, 0.1) is 24.9 Å². The van der Waals surface area contributed by atoms with Crippen LogP contribution in [0.2, 0.25) is 0 Å². The first kappa shape index (κ1) is 14.6. The zero-order valence-corrected chi connectivity index (χ0v) is 13.0. The molecule has 1 aliphatic heterocycles. The van der Waals surface area contributed by atoms with Crippen molar-refractivity contribution in [1.82, 2.24) is 20.1 Å². The minimum atomic E-state index is -0.0627. The van der Waals surface area contributed by atoms with Crippen LogP contribution in [0.1, 0.15) is 10.5 Å². The Morgan fingerprint density at radius 2 is 2.08 bits per heavy atom. The number of hydrogen-bond donors (Lipinski definition) is 2. The van der Waals surface area contributed by atoms with E-state index < -0.39 is 0 Å². The number of aromatic nitrogens is 3. The van der Waals surface area contributed by atoms with E-state index in [1.165, 1.54) is 0 Å². The van der Waals surface area contributed by atoms with Gasteiger partial charge in [0.1, 0.15) is 11.5 Å². The largest absolute Gasteiger partial charge is 0.378 e. The second-order valence-corrected chi connectivity index (χ2v) is 5.61. The van der Waals surface area contributed by atoms with E-state index in [1.54, 1.807) is 17.2 Å². The van der Waals surface area contributed by atoms with Crippen LogP contribution in [0, 0.1) is 0 Å². The van der Waals surface area contributed by atoms with Crippen LogP contribution in [-0.2, 0) is 4.74 Å². The Bertz CT molecular complexity index is 870. The standard InChI is InChI=1S/C17H17N5O2/c23-17(22-6-8-24-9-7-22)15-2-1-3-16(20-15)19-13-4-5-14-12(10-13)11-18-21-14/h1-5,10-11H,6-9H2,(H,18,21)(H,19,20). The van der Waals surface area contributed by atoms with Crippen LogP contribution < -0.4 is 5.32 Å². The molecule has 7 nitrogen and oxygen atoms in total. The zero-order valence-electron chi connectivity index (χ0n) is 13.0. The summed E-state index contributed by atoms with van der Waals surface area (Å²) in [6, 6.07) is 11.3. The van der Waals surface area contributed by atoms with Gasteiger partial charge in [0.25, 0.3) is 5.91 Å². The van der Waals surface area contributed by atoms with Gasteiger partial charge in [-0.2, -0.15) is 5.10 Å². The zero-order chi connectivity index (χ0) is 16.4. The van der Waals surface area contributed by atoms with Crippen molar-refractivity contribution in [3.8, 4) is 0 Å². The van der Waals surface area contributed by atoms with E-state index in [-0.39, 0.29) is 5.91 Å². The topological polar surface area (TPSA) is 83.1 Å². The fourth-order valence-corrected chi connectivity index (χ4v) is 2.72. The van der Waals surface area contributed by atoms with E-state index >= 15 is 0 Å². The Kier molecular flexibility index (Phi) is 3.84. The molecule has 0 saturated carbocycles. The Morgan fingerprint density at radius 3 is 2.96 bits per heavy atom. The number of nitrogens with one attached hydrogen (secondary N) is 2. The first-order valence-electron chi connectivity index (χ1n) is 7.84. The summed E-state index contributed by atoms with van der Waals surface area (Å²) in [6.45, 7) is 2.37. The Morgan fingerprint density at radius 1 is 1.21 bits per heavy atom. The molecule has 1 saturated heterocycles. The SMILES string of the molecule is O=C(c1cccc(Nc2ccc3[nH]ncc3c2)n1)N1CCOCC1. The summed E-state index contributed by atoms with van der Waals surface area (Å²) in [5.74, 6) is 0.573. The van der Waals surface area contributed by atoms with Crippen LogP contribution in [0.4, 0.5) is 11.5 Å². The molecule has 0 aliphatic carbocycles. The number of ether oxygens (including phenoxy) is 1. The molecule has 2 N–H and O–H groups in total. The molecule has 1 amide bonds. The lowest BCUT2D eigenvalue weighted by Gasteiger charge is -2.26. The predicted octanol–water partition coefficient (Wildman–Crippen LogP) is 2.17. The molecule has 3 aromatic rings. The summed E-state index contributed by atoms with van der Waals surface area (Å²) in [6.07, 6.45) is 1.77. The third-order valence-electron chi connectivity index (χ3n) is 3.98. The summed E-state index contributed by atoms with van der Waals surface area (Å²) in [4.78, 5) is 18.7. The summed E-state index contributed by atoms with van der Waals surface area (Å²) in [5, 5.41) is 11.2. The number of rotatable bonds is 3. The number of nitrogens with zero attached hydrogens (tertiary/aromatic N) is 3. The van der Waals surface area contributed by atoms with Gasteiger partial charge in [-0.05, 0) is 30.3 Å². The molecule has 0 radical (unpaired) electrons. The van der Waals surface area contributed by atoms with E-state index in [4.69, 9.17) is 4.74 Å². The van der Waals surface area contributed by atoms with Crippen molar-refractivity contribution >= 4 is 28.3 Å². The number of morpholine rings is 1. The highest BCUT2D eigenvalue weighted by Gasteiger charge is 2.19. The molecule has 7 heteroatoms. The van der Waals surface area contributed by atoms with Gasteiger partial charge in [0.2, 0.25) is 0 Å². The molecule has 122 valence electrons. The minimum Gasteiger partial charge on any atom is -0.378 e. The number of H-pyrrole nitrogens is 1. The predicted molar refractivity (Wildman–Crippen MR) is 90.3 cm³/mol. The van der Waals surface area contributed by atoms with Gasteiger partial charge in [-0.25, -0.2) is 4.98 Å². The number of aromatic amines is 1. The third-order valence-corrected chi connectivity index (χ3v) is 3.98. The molecule has 1 aliphatic rings. The number of benzene rings is 1. The highest BCUT2D eigenvalue weighted by Crippen LogP contribution is 2.20. The van der Waals surface area contributed by atoms with Crippen LogP contribution in [0.25, 0.3) is 10.9 Å². The maximum absolute atomic E-state index is 12.5. The maximum Gasteiger partial charge on any atom is 0.272 e. The van der Waals surface area contributed by atoms with Gasteiger partial charge in [-0.15, -0.1) is 0 Å². The van der Waals surface area contributed by atoms with Crippen molar-refractivity contribution < 1.29 is 9.53 Å². The first-order chi connectivity index (χ1) is 11.8. The number of anilines is 2. The number of pyridine rings is 1. The number of fused-ring (bicyclic) bond motifs is 1. The molecular weight excluding hydrogens is 306 g/mol. The normalized spacial score (nSPS) is 14.8. The Labute approximate surface area is 138 Å². The van der Waals surface area contributed by atoms with Gasteiger partial charge in [0, 0.05) is 24.2 Å². The molecule has 4 rings (SSSR count). The van der Waals surface area contributed by atoms with E-state index in [9.17, 15) is 4.79 Å².